The van der Waals surface area contributed by atoms with Gasteiger partial charge in [-0.15, -0.1) is 0 Å². The van der Waals surface area contributed by atoms with Gasteiger partial charge in [0.1, 0.15) is 6.61 Å². The Hall–Kier alpha value is -2.84. The van der Waals surface area contributed by atoms with Crippen LogP contribution in [0, 0.1) is 0 Å². The molecule has 8 nitrogen and oxygen atoms in total. The predicted molar refractivity (Wildman–Crippen MR) is 113 cm³/mol. The van der Waals surface area contributed by atoms with Crippen LogP contribution in [0.4, 0.5) is 0 Å². The van der Waals surface area contributed by atoms with Gasteiger partial charge < -0.3 is 19.7 Å². The van der Waals surface area contributed by atoms with Crippen molar-refractivity contribution in [3.8, 4) is 0 Å². The van der Waals surface area contributed by atoms with Crippen LogP contribution in [0.5, 0.6) is 0 Å². The highest BCUT2D eigenvalue weighted by molar-refractivity contribution is 5.78. The third-order valence-corrected chi connectivity index (χ3v) is 5.58. The summed E-state index contributed by atoms with van der Waals surface area (Å²) in [5.41, 5.74) is 3.83. The van der Waals surface area contributed by atoms with Gasteiger partial charge in [0, 0.05) is 56.9 Å². The molecular formula is C23H28N4O4. The average Bonchev–Trinajstić information content (AvgIpc) is 3.31. The third-order valence-electron chi connectivity index (χ3n) is 5.58. The lowest BCUT2D eigenvalue weighted by Gasteiger charge is -2.28. The Bertz CT molecular complexity index is 900. The predicted octanol–water partition coefficient (Wildman–Crippen LogP) is 1.42. The van der Waals surface area contributed by atoms with Gasteiger partial charge in [-0.25, -0.2) is 0 Å². The highest BCUT2D eigenvalue weighted by atomic mass is 16.5. The van der Waals surface area contributed by atoms with Crippen LogP contribution in [-0.4, -0.2) is 59.2 Å². The SMILES string of the molecule is O=C(Cc1cccnc1)NCc1cnc2c(c1)CN(C(=O)COCC1CCCO1)CC2. The van der Waals surface area contributed by atoms with Crippen molar-refractivity contribution in [1.29, 1.82) is 0 Å². The van der Waals surface area contributed by atoms with Crippen LogP contribution in [0.25, 0.3) is 0 Å². The minimum Gasteiger partial charge on any atom is -0.376 e. The van der Waals surface area contributed by atoms with Crippen molar-refractivity contribution in [1.82, 2.24) is 20.2 Å². The number of carbonyl (C=O) groups is 2. The van der Waals surface area contributed by atoms with E-state index in [9.17, 15) is 9.59 Å². The zero-order valence-corrected chi connectivity index (χ0v) is 17.6. The zero-order valence-electron chi connectivity index (χ0n) is 17.6. The summed E-state index contributed by atoms with van der Waals surface area (Å²) >= 11 is 0. The van der Waals surface area contributed by atoms with Crippen LogP contribution in [0.15, 0.2) is 36.8 Å². The lowest BCUT2D eigenvalue weighted by molar-refractivity contribution is -0.138. The molecule has 1 saturated heterocycles. The molecule has 0 aromatic carbocycles. The van der Waals surface area contributed by atoms with Crippen molar-refractivity contribution in [2.24, 2.45) is 0 Å². The number of carbonyl (C=O) groups excluding carboxylic acids is 2. The van der Waals surface area contributed by atoms with Gasteiger partial charge in [0.05, 0.1) is 19.1 Å². The second-order valence-electron chi connectivity index (χ2n) is 7.98. The number of nitrogens with one attached hydrogen (secondary N) is 1. The molecule has 0 spiro atoms. The number of aromatic nitrogens is 2. The molecule has 4 rings (SSSR count). The first-order valence-corrected chi connectivity index (χ1v) is 10.8. The maximum atomic E-state index is 12.5. The largest absolute Gasteiger partial charge is 0.376 e. The van der Waals surface area contributed by atoms with Crippen LogP contribution in [0.2, 0.25) is 0 Å². The molecule has 31 heavy (non-hydrogen) atoms. The number of hydrogen-bond acceptors (Lipinski definition) is 6. The van der Waals surface area contributed by atoms with E-state index in [2.05, 4.69) is 15.3 Å². The van der Waals surface area contributed by atoms with Crippen LogP contribution in [0.1, 0.15) is 35.2 Å². The van der Waals surface area contributed by atoms with Crippen molar-refractivity contribution < 1.29 is 19.1 Å². The Labute approximate surface area is 182 Å². The third kappa shape index (κ3) is 6.08. The number of nitrogens with zero attached hydrogens (tertiary/aromatic N) is 3. The molecule has 1 N–H and O–H groups in total. The van der Waals surface area contributed by atoms with E-state index in [-0.39, 0.29) is 24.5 Å². The Balaban J connectivity index is 1.26. The molecule has 0 saturated carbocycles. The summed E-state index contributed by atoms with van der Waals surface area (Å²) in [6, 6.07) is 5.72. The Morgan fingerprint density at radius 3 is 3.03 bits per heavy atom. The van der Waals surface area contributed by atoms with E-state index in [1.54, 1.807) is 18.6 Å². The molecule has 2 amide bonds. The molecule has 0 radical (unpaired) electrons. The Morgan fingerprint density at radius 2 is 2.23 bits per heavy atom. The summed E-state index contributed by atoms with van der Waals surface area (Å²) in [7, 11) is 0. The molecule has 2 aromatic heterocycles. The fraction of sp³-hybridized carbons (Fsp3) is 0.478. The molecule has 2 aromatic rings. The number of ether oxygens (including phenoxy) is 2. The molecule has 4 heterocycles. The monoisotopic (exact) mass is 424 g/mol. The summed E-state index contributed by atoms with van der Waals surface area (Å²) in [5, 5.41) is 2.92. The quantitative estimate of drug-likeness (QED) is 0.689. The first-order chi connectivity index (χ1) is 15.2. The van der Waals surface area contributed by atoms with Crippen molar-refractivity contribution >= 4 is 11.8 Å². The highest BCUT2D eigenvalue weighted by Crippen LogP contribution is 2.19. The maximum Gasteiger partial charge on any atom is 0.248 e. The van der Waals surface area contributed by atoms with Crippen molar-refractivity contribution in [3.05, 3.63) is 59.2 Å². The number of pyridine rings is 2. The number of amides is 2. The van der Waals surface area contributed by atoms with E-state index in [4.69, 9.17) is 9.47 Å². The van der Waals surface area contributed by atoms with Crippen molar-refractivity contribution in [3.63, 3.8) is 0 Å². The molecule has 0 aliphatic carbocycles. The van der Waals surface area contributed by atoms with Gasteiger partial charge in [0.2, 0.25) is 11.8 Å². The fourth-order valence-electron chi connectivity index (χ4n) is 3.88. The second kappa shape index (κ2) is 10.5. The van der Waals surface area contributed by atoms with Gasteiger partial charge in [-0.05, 0) is 41.7 Å². The van der Waals surface area contributed by atoms with Crippen molar-refractivity contribution in [2.45, 2.75) is 44.9 Å². The Kier molecular flexibility index (Phi) is 7.22. The van der Waals surface area contributed by atoms with E-state index >= 15 is 0 Å². The zero-order chi connectivity index (χ0) is 21.5. The normalized spacial score (nSPS) is 17.9. The molecule has 2 aliphatic rings. The van der Waals surface area contributed by atoms with Crippen LogP contribution in [-0.2, 0) is 45.0 Å². The van der Waals surface area contributed by atoms with E-state index in [1.165, 1.54) is 0 Å². The lowest BCUT2D eigenvalue weighted by atomic mass is 10.0. The first kappa shape index (κ1) is 21.4. The van der Waals surface area contributed by atoms with Gasteiger partial charge in [0.25, 0.3) is 0 Å². The van der Waals surface area contributed by atoms with E-state index < -0.39 is 0 Å². The summed E-state index contributed by atoms with van der Waals surface area (Å²) < 4.78 is 11.1. The first-order valence-electron chi connectivity index (χ1n) is 10.8. The maximum absolute atomic E-state index is 12.5. The van der Waals surface area contributed by atoms with Crippen LogP contribution in [0.3, 0.4) is 0 Å². The molecule has 1 atom stereocenters. The Morgan fingerprint density at radius 1 is 1.29 bits per heavy atom. The average molecular weight is 425 g/mol. The van der Waals surface area contributed by atoms with Gasteiger partial charge >= 0.3 is 0 Å². The molecular weight excluding hydrogens is 396 g/mol. The minimum atomic E-state index is -0.0640. The number of hydrogen-bond donors (Lipinski definition) is 1. The topological polar surface area (TPSA) is 93.7 Å². The fourth-order valence-corrected chi connectivity index (χ4v) is 3.88. The molecule has 2 aliphatic heterocycles. The van der Waals surface area contributed by atoms with E-state index in [0.29, 0.717) is 32.7 Å². The summed E-state index contributed by atoms with van der Waals surface area (Å²) in [4.78, 5) is 35.1. The highest BCUT2D eigenvalue weighted by Gasteiger charge is 2.23. The molecule has 1 fully saturated rings. The van der Waals surface area contributed by atoms with Gasteiger partial charge in [0.15, 0.2) is 0 Å². The van der Waals surface area contributed by atoms with Crippen LogP contribution < -0.4 is 5.32 Å². The smallest absolute Gasteiger partial charge is 0.248 e. The lowest BCUT2D eigenvalue weighted by Crippen LogP contribution is -2.39. The van der Waals surface area contributed by atoms with E-state index in [1.807, 2.05) is 23.1 Å². The summed E-state index contributed by atoms with van der Waals surface area (Å²) in [6.07, 6.45) is 8.37. The standard InChI is InChI=1S/C23H28N4O4/c28-22(10-17-3-1-6-24-11-17)26-13-18-9-19-14-27(7-5-21(19)25-12-18)23(29)16-30-15-20-4-2-8-31-20/h1,3,6,9,11-12,20H,2,4-5,7-8,10,13-16H2,(H,26,28). The van der Waals surface area contributed by atoms with Gasteiger partial charge in [-0.3, -0.25) is 19.6 Å². The van der Waals surface area contributed by atoms with E-state index in [0.717, 1.165) is 48.3 Å². The molecule has 164 valence electrons. The van der Waals surface area contributed by atoms with Gasteiger partial charge in [-0.2, -0.15) is 0 Å². The van der Waals surface area contributed by atoms with Crippen molar-refractivity contribution in [2.75, 3.05) is 26.4 Å². The molecule has 0 bridgehead atoms. The van der Waals surface area contributed by atoms with Crippen LogP contribution >= 0.6 is 0 Å². The minimum absolute atomic E-state index is 0.0150. The summed E-state index contributed by atoms with van der Waals surface area (Å²) in [6.45, 7) is 2.89. The number of fused-ring (bicyclic) bond motifs is 1. The molecule has 8 heteroatoms. The second-order valence-corrected chi connectivity index (χ2v) is 7.98. The van der Waals surface area contributed by atoms with Gasteiger partial charge in [-0.1, -0.05) is 6.07 Å². The summed E-state index contributed by atoms with van der Waals surface area (Å²) in [5.74, 6) is -0.0789. The molecule has 1 unspecified atom stereocenters. The number of rotatable bonds is 8.